The molecule has 16 heavy (non-hydrogen) atoms. The fourth-order valence-electron chi connectivity index (χ4n) is 2.16. The van der Waals surface area contributed by atoms with E-state index in [0.29, 0.717) is 24.8 Å². The maximum Gasteiger partial charge on any atom is 0.222 e. The predicted molar refractivity (Wildman–Crippen MR) is 67.1 cm³/mol. The van der Waals surface area contributed by atoms with Crippen LogP contribution in [0.1, 0.15) is 41.0 Å². The Morgan fingerprint density at radius 3 is 2.12 bits per heavy atom. The Balaban J connectivity index is 4.47. The molecule has 0 saturated carbocycles. The van der Waals surface area contributed by atoms with Gasteiger partial charge in [0.2, 0.25) is 5.91 Å². The van der Waals surface area contributed by atoms with Crippen LogP contribution in [0.25, 0.3) is 0 Å². The number of aliphatic hydroxyl groups excluding tert-OH is 1. The molecule has 3 nitrogen and oxygen atoms in total. The van der Waals surface area contributed by atoms with Crippen LogP contribution in [0.3, 0.4) is 0 Å². The summed E-state index contributed by atoms with van der Waals surface area (Å²) in [6.45, 7) is 11.3. The molecule has 0 aliphatic carbocycles. The molecule has 3 heteroatoms. The highest BCUT2D eigenvalue weighted by molar-refractivity contribution is 5.76. The van der Waals surface area contributed by atoms with Gasteiger partial charge in [0.15, 0.2) is 0 Å². The van der Waals surface area contributed by atoms with Crippen LogP contribution >= 0.6 is 0 Å². The molecule has 1 amide bonds. The zero-order valence-electron chi connectivity index (χ0n) is 11.6. The maximum atomic E-state index is 11.9. The molecular weight excluding hydrogens is 202 g/mol. The van der Waals surface area contributed by atoms with Crippen molar-refractivity contribution in [2.75, 3.05) is 20.2 Å². The van der Waals surface area contributed by atoms with E-state index >= 15 is 0 Å². The van der Waals surface area contributed by atoms with Crippen molar-refractivity contribution in [1.82, 2.24) is 4.90 Å². The molecule has 96 valence electrons. The Kier molecular flexibility index (Phi) is 6.01. The van der Waals surface area contributed by atoms with Crippen LogP contribution in [-0.2, 0) is 4.79 Å². The summed E-state index contributed by atoms with van der Waals surface area (Å²) in [5, 5.41) is 8.79. The second kappa shape index (κ2) is 6.24. The minimum Gasteiger partial charge on any atom is -0.395 e. The van der Waals surface area contributed by atoms with Crippen LogP contribution in [0.15, 0.2) is 0 Å². The number of hydrogen-bond acceptors (Lipinski definition) is 2. The van der Waals surface area contributed by atoms with Gasteiger partial charge >= 0.3 is 0 Å². The molecule has 1 unspecified atom stereocenters. The standard InChI is InChI=1S/C13H27NO2/c1-10(2)11(13(3,4)5)9-12(16)14(6)7-8-15/h10-11,15H,7-9H2,1-6H3. The van der Waals surface area contributed by atoms with Gasteiger partial charge in [-0.2, -0.15) is 0 Å². The Morgan fingerprint density at radius 1 is 1.31 bits per heavy atom. The Morgan fingerprint density at radius 2 is 1.81 bits per heavy atom. The molecule has 1 N–H and O–H groups in total. The van der Waals surface area contributed by atoms with Crippen LogP contribution in [0.4, 0.5) is 0 Å². The third-order valence-corrected chi connectivity index (χ3v) is 3.17. The molecule has 0 radical (unpaired) electrons. The van der Waals surface area contributed by atoms with E-state index in [4.69, 9.17) is 5.11 Å². The van der Waals surface area contributed by atoms with Crippen molar-refractivity contribution in [3.63, 3.8) is 0 Å². The lowest BCUT2D eigenvalue weighted by Crippen LogP contribution is -2.35. The fourth-order valence-corrected chi connectivity index (χ4v) is 2.16. The van der Waals surface area contributed by atoms with E-state index in [2.05, 4.69) is 34.6 Å². The molecule has 1 atom stereocenters. The number of carbonyl (C=O) groups excluding carboxylic acids is 1. The van der Waals surface area contributed by atoms with Gasteiger partial charge in [-0.05, 0) is 17.3 Å². The van der Waals surface area contributed by atoms with Gasteiger partial charge in [0.25, 0.3) is 0 Å². The van der Waals surface area contributed by atoms with Gasteiger partial charge in [-0.15, -0.1) is 0 Å². The quantitative estimate of drug-likeness (QED) is 0.784. The highest BCUT2D eigenvalue weighted by Crippen LogP contribution is 2.34. The van der Waals surface area contributed by atoms with Crippen molar-refractivity contribution in [3.8, 4) is 0 Å². The normalized spacial score (nSPS) is 14.0. The molecule has 0 aliphatic heterocycles. The molecule has 0 fully saturated rings. The van der Waals surface area contributed by atoms with Gasteiger partial charge in [0.05, 0.1) is 6.61 Å². The summed E-state index contributed by atoms with van der Waals surface area (Å²) < 4.78 is 0. The van der Waals surface area contributed by atoms with Gasteiger partial charge in [-0.25, -0.2) is 0 Å². The van der Waals surface area contributed by atoms with E-state index in [1.165, 1.54) is 0 Å². The first-order valence-electron chi connectivity index (χ1n) is 6.05. The minimum absolute atomic E-state index is 0.0318. The average Bonchev–Trinajstić information content (AvgIpc) is 2.11. The molecule has 0 aromatic rings. The summed E-state index contributed by atoms with van der Waals surface area (Å²) in [5.41, 5.74) is 0.143. The predicted octanol–water partition coefficient (Wildman–Crippen LogP) is 2.15. The molecule has 0 bridgehead atoms. The van der Waals surface area contributed by atoms with Crippen molar-refractivity contribution in [3.05, 3.63) is 0 Å². The number of aliphatic hydroxyl groups is 1. The zero-order valence-corrected chi connectivity index (χ0v) is 11.6. The van der Waals surface area contributed by atoms with Crippen LogP contribution in [0, 0.1) is 17.3 Å². The lowest BCUT2D eigenvalue weighted by molar-refractivity contribution is -0.132. The number of amides is 1. The second-order valence-electron chi connectivity index (χ2n) is 5.96. The highest BCUT2D eigenvalue weighted by atomic mass is 16.3. The molecule has 0 aromatic carbocycles. The average molecular weight is 229 g/mol. The van der Waals surface area contributed by atoms with E-state index in [1.54, 1.807) is 11.9 Å². The van der Waals surface area contributed by atoms with Crippen molar-refractivity contribution in [1.29, 1.82) is 0 Å². The van der Waals surface area contributed by atoms with Gasteiger partial charge < -0.3 is 10.0 Å². The van der Waals surface area contributed by atoms with Crippen molar-refractivity contribution in [2.24, 2.45) is 17.3 Å². The van der Waals surface area contributed by atoms with Crippen LogP contribution in [-0.4, -0.2) is 36.1 Å². The van der Waals surface area contributed by atoms with E-state index in [1.807, 2.05) is 0 Å². The summed E-state index contributed by atoms with van der Waals surface area (Å²) in [7, 11) is 1.75. The molecule has 0 rings (SSSR count). The Labute approximate surface area is 99.8 Å². The van der Waals surface area contributed by atoms with E-state index in [0.717, 1.165) is 0 Å². The first kappa shape index (κ1) is 15.4. The number of carbonyl (C=O) groups is 1. The van der Waals surface area contributed by atoms with E-state index < -0.39 is 0 Å². The van der Waals surface area contributed by atoms with Gasteiger partial charge in [0, 0.05) is 20.0 Å². The summed E-state index contributed by atoms with van der Waals surface area (Å²) in [6.07, 6.45) is 0.567. The largest absolute Gasteiger partial charge is 0.395 e. The number of nitrogens with zero attached hydrogens (tertiary/aromatic N) is 1. The zero-order chi connectivity index (χ0) is 12.9. The van der Waals surface area contributed by atoms with E-state index in [-0.39, 0.29) is 17.9 Å². The summed E-state index contributed by atoms with van der Waals surface area (Å²) in [5.74, 6) is 0.996. The van der Waals surface area contributed by atoms with Gasteiger partial charge in [-0.3, -0.25) is 4.79 Å². The maximum absolute atomic E-state index is 11.9. The molecule has 0 saturated heterocycles. The highest BCUT2D eigenvalue weighted by Gasteiger charge is 2.30. The molecule has 0 aromatic heterocycles. The number of likely N-dealkylation sites (N-methyl/N-ethyl adjacent to an activating group) is 1. The second-order valence-corrected chi connectivity index (χ2v) is 5.96. The summed E-state index contributed by atoms with van der Waals surface area (Å²) in [4.78, 5) is 13.5. The SMILES string of the molecule is CC(C)C(CC(=O)N(C)CCO)C(C)(C)C. The molecular formula is C13H27NO2. The van der Waals surface area contributed by atoms with Crippen LogP contribution in [0.2, 0.25) is 0 Å². The van der Waals surface area contributed by atoms with Gasteiger partial charge in [-0.1, -0.05) is 34.6 Å². The molecule has 0 heterocycles. The van der Waals surface area contributed by atoms with Crippen LogP contribution < -0.4 is 0 Å². The third-order valence-electron chi connectivity index (χ3n) is 3.17. The first-order chi connectivity index (χ1) is 7.20. The van der Waals surface area contributed by atoms with Gasteiger partial charge in [0.1, 0.15) is 0 Å². The fraction of sp³-hybridized carbons (Fsp3) is 0.923. The van der Waals surface area contributed by atoms with E-state index in [9.17, 15) is 4.79 Å². The number of rotatable bonds is 5. The number of hydrogen-bond donors (Lipinski definition) is 1. The first-order valence-corrected chi connectivity index (χ1v) is 6.05. The van der Waals surface area contributed by atoms with Crippen molar-refractivity contribution >= 4 is 5.91 Å². The monoisotopic (exact) mass is 229 g/mol. The van der Waals surface area contributed by atoms with Crippen LogP contribution in [0.5, 0.6) is 0 Å². The minimum atomic E-state index is 0.0318. The molecule has 0 aliphatic rings. The Hall–Kier alpha value is -0.570. The lowest BCUT2D eigenvalue weighted by Gasteiger charge is -2.34. The van der Waals surface area contributed by atoms with Crippen molar-refractivity contribution < 1.29 is 9.90 Å². The summed E-state index contributed by atoms with van der Waals surface area (Å²) in [6, 6.07) is 0. The lowest BCUT2D eigenvalue weighted by atomic mass is 9.72. The smallest absolute Gasteiger partial charge is 0.222 e. The third kappa shape index (κ3) is 4.97. The topological polar surface area (TPSA) is 40.5 Å². The van der Waals surface area contributed by atoms with Crippen molar-refractivity contribution in [2.45, 2.75) is 41.0 Å². The summed E-state index contributed by atoms with van der Waals surface area (Å²) >= 11 is 0. The molecule has 0 spiro atoms. The Bertz CT molecular complexity index is 218.